The summed E-state index contributed by atoms with van der Waals surface area (Å²) in [6.45, 7) is -0.0453. The van der Waals surface area contributed by atoms with Gasteiger partial charge in [-0.25, -0.2) is 14.8 Å². The second-order valence-corrected chi connectivity index (χ2v) is 6.27. The lowest BCUT2D eigenvalue weighted by molar-refractivity contribution is -0.137. The second kappa shape index (κ2) is 8.36. The Kier molecular flexibility index (Phi) is 5.88. The summed E-state index contributed by atoms with van der Waals surface area (Å²) in [6.07, 6.45) is -1.60. The number of carbonyl (C=O) groups is 1. The summed E-state index contributed by atoms with van der Waals surface area (Å²) in [6, 6.07) is 10.6. The Bertz CT molecular complexity index is 999. The number of anilines is 1. The third kappa shape index (κ3) is 5.14. The van der Waals surface area contributed by atoms with E-state index in [-0.39, 0.29) is 18.2 Å². The highest BCUT2D eigenvalue weighted by Gasteiger charge is 2.34. The summed E-state index contributed by atoms with van der Waals surface area (Å²) in [5.41, 5.74) is 4.93. The van der Waals surface area contributed by atoms with Gasteiger partial charge in [0.2, 0.25) is 0 Å². The van der Waals surface area contributed by atoms with Crippen LogP contribution in [0.25, 0.3) is 0 Å². The summed E-state index contributed by atoms with van der Waals surface area (Å²) in [5.74, 6) is 0.455. The molecule has 150 valence electrons. The van der Waals surface area contributed by atoms with E-state index < -0.39 is 22.8 Å². The standard InChI is InChI=1S/C19H14ClF3N4O2/c20-16-7-4-13(10-15(16)19(21,22)23)27(17(24)28)11-12-2-5-14(6-3-12)29-18-25-8-1-9-26-18/h1-10H,11H2,(H2,24,28). The van der Waals surface area contributed by atoms with Crippen molar-refractivity contribution in [2.75, 3.05) is 4.90 Å². The van der Waals surface area contributed by atoms with Crippen molar-refractivity contribution in [3.05, 3.63) is 77.1 Å². The molecule has 3 aromatic rings. The van der Waals surface area contributed by atoms with Gasteiger partial charge in [-0.2, -0.15) is 13.2 Å². The normalized spacial score (nSPS) is 11.2. The number of aromatic nitrogens is 2. The number of nitrogens with zero attached hydrogens (tertiary/aromatic N) is 3. The quantitative estimate of drug-likeness (QED) is 0.625. The first kappa shape index (κ1) is 20.4. The molecule has 0 atom stereocenters. The molecule has 0 spiro atoms. The lowest BCUT2D eigenvalue weighted by Gasteiger charge is -2.22. The molecule has 0 unspecified atom stereocenters. The van der Waals surface area contributed by atoms with E-state index in [0.717, 1.165) is 17.0 Å². The number of hydrogen-bond donors (Lipinski definition) is 1. The number of nitrogens with two attached hydrogens (primary N) is 1. The number of amides is 2. The Labute approximate surface area is 168 Å². The highest BCUT2D eigenvalue weighted by Crippen LogP contribution is 2.37. The predicted octanol–water partition coefficient (Wildman–Crippen LogP) is 5.03. The number of benzene rings is 2. The Hall–Kier alpha value is -3.33. The molecule has 29 heavy (non-hydrogen) atoms. The molecule has 2 amide bonds. The van der Waals surface area contributed by atoms with E-state index in [9.17, 15) is 18.0 Å². The van der Waals surface area contributed by atoms with Gasteiger partial charge in [0.15, 0.2) is 0 Å². The number of hydrogen-bond acceptors (Lipinski definition) is 4. The topological polar surface area (TPSA) is 81.3 Å². The highest BCUT2D eigenvalue weighted by molar-refractivity contribution is 6.31. The number of halogens is 4. The van der Waals surface area contributed by atoms with Crippen LogP contribution in [-0.4, -0.2) is 16.0 Å². The molecule has 0 saturated heterocycles. The number of primary amides is 1. The number of alkyl halides is 3. The van der Waals surface area contributed by atoms with Crippen molar-refractivity contribution >= 4 is 23.3 Å². The summed E-state index contributed by atoms with van der Waals surface area (Å²) in [5, 5.41) is -0.463. The first-order valence-electron chi connectivity index (χ1n) is 8.21. The Morgan fingerprint density at radius 3 is 2.34 bits per heavy atom. The van der Waals surface area contributed by atoms with Crippen LogP contribution < -0.4 is 15.4 Å². The van der Waals surface area contributed by atoms with Gasteiger partial charge in [-0.1, -0.05) is 23.7 Å². The lowest BCUT2D eigenvalue weighted by atomic mass is 10.1. The molecule has 0 saturated carbocycles. The number of carbonyl (C=O) groups excluding carboxylic acids is 1. The maximum absolute atomic E-state index is 13.1. The molecular weight excluding hydrogens is 409 g/mol. The molecule has 6 nitrogen and oxygen atoms in total. The molecule has 3 rings (SSSR count). The first-order valence-corrected chi connectivity index (χ1v) is 8.59. The number of rotatable bonds is 5. The van der Waals surface area contributed by atoms with Crippen LogP contribution in [0.1, 0.15) is 11.1 Å². The van der Waals surface area contributed by atoms with Crippen LogP contribution in [0.2, 0.25) is 5.02 Å². The van der Waals surface area contributed by atoms with Crippen molar-refractivity contribution in [2.24, 2.45) is 5.73 Å². The third-order valence-corrected chi connectivity index (χ3v) is 4.18. The SMILES string of the molecule is NC(=O)N(Cc1ccc(Oc2ncccn2)cc1)c1ccc(Cl)c(C(F)(F)F)c1. The molecule has 0 aliphatic carbocycles. The van der Waals surface area contributed by atoms with Gasteiger partial charge in [-0.3, -0.25) is 4.90 Å². The summed E-state index contributed by atoms with van der Waals surface area (Å²) in [7, 11) is 0. The Balaban J connectivity index is 1.80. The van der Waals surface area contributed by atoms with Crippen LogP contribution in [0.4, 0.5) is 23.7 Å². The molecule has 0 bridgehead atoms. The first-order chi connectivity index (χ1) is 13.7. The molecule has 2 N–H and O–H groups in total. The summed E-state index contributed by atoms with van der Waals surface area (Å²) in [4.78, 5) is 20.7. The molecule has 10 heteroatoms. The summed E-state index contributed by atoms with van der Waals surface area (Å²) >= 11 is 5.63. The van der Waals surface area contributed by atoms with Gasteiger partial charge in [0, 0.05) is 18.1 Å². The average molecular weight is 423 g/mol. The van der Waals surface area contributed by atoms with Gasteiger partial charge in [-0.15, -0.1) is 0 Å². The van der Waals surface area contributed by atoms with E-state index >= 15 is 0 Å². The Morgan fingerprint density at radius 2 is 1.76 bits per heavy atom. The zero-order chi connectivity index (χ0) is 21.0. The van der Waals surface area contributed by atoms with E-state index in [1.165, 1.54) is 18.5 Å². The van der Waals surface area contributed by atoms with Gasteiger partial charge in [-0.05, 0) is 42.0 Å². The average Bonchev–Trinajstić information content (AvgIpc) is 2.68. The van der Waals surface area contributed by atoms with Crippen molar-refractivity contribution in [3.63, 3.8) is 0 Å². The Morgan fingerprint density at radius 1 is 1.10 bits per heavy atom. The minimum atomic E-state index is -4.66. The van der Waals surface area contributed by atoms with E-state index in [0.29, 0.717) is 11.3 Å². The van der Waals surface area contributed by atoms with Gasteiger partial charge in [0.05, 0.1) is 17.1 Å². The second-order valence-electron chi connectivity index (χ2n) is 5.86. The maximum Gasteiger partial charge on any atom is 0.417 e. The van der Waals surface area contributed by atoms with Gasteiger partial charge in [0.25, 0.3) is 0 Å². The molecule has 0 fully saturated rings. The molecule has 0 aliphatic heterocycles. The van der Waals surface area contributed by atoms with Gasteiger partial charge in [0.1, 0.15) is 5.75 Å². The highest BCUT2D eigenvalue weighted by atomic mass is 35.5. The lowest BCUT2D eigenvalue weighted by Crippen LogP contribution is -2.35. The minimum Gasteiger partial charge on any atom is -0.424 e. The van der Waals surface area contributed by atoms with Gasteiger partial charge >= 0.3 is 18.2 Å². The van der Waals surface area contributed by atoms with E-state index in [1.807, 2.05) is 0 Å². The predicted molar refractivity (Wildman–Crippen MR) is 101 cm³/mol. The van der Waals surface area contributed by atoms with Crippen LogP contribution >= 0.6 is 11.6 Å². The van der Waals surface area contributed by atoms with Crippen molar-refractivity contribution in [1.29, 1.82) is 0 Å². The molecule has 1 aromatic heterocycles. The zero-order valence-corrected chi connectivity index (χ0v) is 15.5. The largest absolute Gasteiger partial charge is 0.424 e. The van der Waals surface area contributed by atoms with Crippen molar-refractivity contribution < 1.29 is 22.7 Å². The minimum absolute atomic E-state index is 0.0211. The van der Waals surface area contributed by atoms with E-state index in [2.05, 4.69) is 9.97 Å². The fourth-order valence-electron chi connectivity index (χ4n) is 2.48. The fourth-order valence-corrected chi connectivity index (χ4v) is 2.71. The fraction of sp³-hybridized carbons (Fsp3) is 0.105. The molecule has 0 radical (unpaired) electrons. The number of ether oxygens (including phenoxy) is 1. The van der Waals surface area contributed by atoms with Crippen LogP contribution in [0, 0.1) is 0 Å². The van der Waals surface area contributed by atoms with Crippen LogP contribution in [-0.2, 0) is 12.7 Å². The monoisotopic (exact) mass is 422 g/mol. The maximum atomic E-state index is 13.1. The zero-order valence-electron chi connectivity index (χ0n) is 14.7. The molecule has 0 aliphatic rings. The van der Waals surface area contributed by atoms with Crippen molar-refractivity contribution in [3.8, 4) is 11.8 Å². The van der Waals surface area contributed by atoms with E-state index in [4.69, 9.17) is 22.1 Å². The third-order valence-electron chi connectivity index (χ3n) is 3.85. The van der Waals surface area contributed by atoms with E-state index in [1.54, 1.807) is 30.3 Å². The van der Waals surface area contributed by atoms with Gasteiger partial charge < -0.3 is 10.5 Å². The van der Waals surface area contributed by atoms with Crippen LogP contribution in [0.5, 0.6) is 11.8 Å². The van der Waals surface area contributed by atoms with Crippen molar-refractivity contribution in [1.82, 2.24) is 9.97 Å². The number of urea groups is 1. The molecular formula is C19H14ClF3N4O2. The molecule has 2 aromatic carbocycles. The van der Waals surface area contributed by atoms with Crippen LogP contribution in [0.15, 0.2) is 60.9 Å². The smallest absolute Gasteiger partial charge is 0.417 e. The molecule has 1 heterocycles. The van der Waals surface area contributed by atoms with Crippen molar-refractivity contribution in [2.45, 2.75) is 12.7 Å². The summed E-state index contributed by atoms with van der Waals surface area (Å²) < 4.78 is 44.8. The van der Waals surface area contributed by atoms with Crippen LogP contribution in [0.3, 0.4) is 0 Å².